The molecule has 0 aromatic rings. The van der Waals surface area contributed by atoms with Crippen LogP contribution in [-0.4, -0.2) is 18.9 Å². The van der Waals surface area contributed by atoms with Crippen LogP contribution in [-0.2, 0) is 14.3 Å². The van der Waals surface area contributed by atoms with Crippen molar-refractivity contribution in [1.82, 2.24) is 0 Å². The Labute approximate surface area is 98.6 Å². The Balaban J connectivity index is 3.55. The first-order valence-electron chi connectivity index (χ1n) is 6.19. The van der Waals surface area contributed by atoms with E-state index in [1.807, 2.05) is 0 Å². The maximum Gasteiger partial charge on any atom is 0.305 e. The zero-order valence-electron chi connectivity index (χ0n) is 10.8. The SMILES string of the molecule is CCCC(CCCCCC(=O)OC)C(C)=O. The van der Waals surface area contributed by atoms with Crippen LogP contribution >= 0.6 is 0 Å². The largest absolute Gasteiger partial charge is 0.469 e. The van der Waals surface area contributed by atoms with Crippen molar-refractivity contribution in [3.8, 4) is 0 Å². The zero-order valence-corrected chi connectivity index (χ0v) is 10.8. The van der Waals surface area contributed by atoms with Gasteiger partial charge in [0.25, 0.3) is 0 Å². The Morgan fingerprint density at radius 1 is 1.12 bits per heavy atom. The number of Topliss-reactive ketones (excluding diaryl/α,β-unsaturated/α-hetero) is 1. The van der Waals surface area contributed by atoms with E-state index in [0.29, 0.717) is 12.2 Å². The van der Waals surface area contributed by atoms with Crippen molar-refractivity contribution < 1.29 is 14.3 Å². The molecule has 1 atom stereocenters. The Kier molecular flexibility index (Phi) is 8.87. The average molecular weight is 228 g/mol. The molecule has 3 heteroatoms. The lowest BCUT2D eigenvalue weighted by atomic mass is 9.93. The minimum atomic E-state index is -0.142. The predicted molar refractivity (Wildman–Crippen MR) is 64.2 cm³/mol. The monoisotopic (exact) mass is 228 g/mol. The zero-order chi connectivity index (χ0) is 12.4. The Bertz CT molecular complexity index is 211. The molecule has 0 heterocycles. The lowest BCUT2D eigenvalue weighted by Gasteiger charge is -2.11. The number of rotatable bonds is 9. The van der Waals surface area contributed by atoms with E-state index in [4.69, 9.17) is 0 Å². The highest BCUT2D eigenvalue weighted by molar-refractivity contribution is 5.78. The van der Waals surface area contributed by atoms with Gasteiger partial charge in [-0.3, -0.25) is 9.59 Å². The molecule has 0 radical (unpaired) electrons. The van der Waals surface area contributed by atoms with Crippen LogP contribution in [0.2, 0.25) is 0 Å². The summed E-state index contributed by atoms with van der Waals surface area (Å²) in [6, 6.07) is 0. The van der Waals surface area contributed by atoms with Crippen molar-refractivity contribution in [3.63, 3.8) is 0 Å². The maximum atomic E-state index is 11.3. The van der Waals surface area contributed by atoms with E-state index >= 15 is 0 Å². The van der Waals surface area contributed by atoms with Crippen LogP contribution in [0.25, 0.3) is 0 Å². The molecular weight excluding hydrogens is 204 g/mol. The summed E-state index contributed by atoms with van der Waals surface area (Å²) in [6.07, 6.45) is 6.41. The van der Waals surface area contributed by atoms with Crippen molar-refractivity contribution in [1.29, 1.82) is 0 Å². The number of methoxy groups -OCH3 is 1. The number of carbonyl (C=O) groups excluding carboxylic acids is 2. The summed E-state index contributed by atoms with van der Waals surface area (Å²) in [5, 5.41) is 0. The Morgan fingerprint density at radius 2 is 1.81 bits per heavy atom. The molecule has 0 rings (SSSR count). The summed E-state index contributed by atoms with van der Waals surface area (Å²) < 4.78 is 4.56. The van der Waals surface area contributed by atoms with E-state index in [1.165, 1.54) is 7.11 Å². The topological polar surface area (TPSA) is 43.4 Å². The van der Waals surface area contributed by atoms with Crippen LogP contribution in [0.5, 0.6) is 0 Å². The number of ketones is 1. The molecule has 3 nitrogen and oxygen atoms in total. The van der Waals surface area contributed by atoms with Gasteiger partial charge in [-0.1, -0.05) is 26.2 Å². The number of ether oxygens (including phenoxy) is 1. The summed E-state index contributed by atoms with van der Waals surface area (Å²) in [4.78, 5) is 22.1. The van der Waals surface area contributed by atoms with Gasteiger partial charge in [-0.2, -0.15) is 0 Å². The molecule has 1 unspecified atom stereocenters. The summed E-state index contributed by atoms with van der Waals surface area (Å²) in [5.41, 5.74) is 0. The fourth-order valence-electron chi connectivity index (χ4n) is 1.84. The molecule has 0 aromatic carbocycles. The van der Waals surface area contributed by atoms with Gasteiger partial charge in [0.2, 0.25) is 0 Å². The van der Waals surface area contributed by atoms with Crippen LogP contribution in [0.1, 0.15) is 58.8 Å². The number of carbonyl (C=O) groups is 2. The minimum absolute atomic E-state index is 0.142. The van der Waals surface area contributed by atoms with E-state index < -0.39 is 0 Å². The van der Waals surface area contributed by atoms with Gasteiger partial charge in [0.1, 0.15) is 5.78 Å². The van der Waals surface area contributed by atoms with Gasteiger partial charge in [0.05, 0.1) is 7.11 Å². The first kappa shape index (κ1) is 15.1. The van der Waals surface area contributed by atoms with Crippen molar-refractivity contribution in [2.75, 3.05) is 7.11 Å². The van der Waals surface area contributed by atoms with E-state index in [2.05, 4.69) is 11.7 Å². The number of unbranched alkanes of at least 4 members (excludes halogenated alkanes) is 2. The van der Waals surface area contributed by atoms with E-state index in [9.17, 15) is 9.59 Å². The molecule has 0 aliphatic heterocycles. The summed E-state index contributed by atoms with van der Waals surface area (Å²) >= 11 is 0. The van der Waals surface area contributed by atoms with E-state index in [1.54, 1.807) is 6.92 Å². The van der Waals surface area contributed by atoms with Gasteiger partial charge in [-0.15, -0.1) is 0 Å². The number of hydrogen-bond acceptors (Lipinski definition) is 3. The molecule has 0 aliphatic rings. The van der Waals surface area contributed by atoms with Gasteiger partial charge in [0, 0.05) is 12.3 Å². The van der Waals surface area contributed by atoms with Gasteiger partial charge in [-0.25, -0.2) is 0 Å². The molecule has 94 valence electrons. The third-order valence-corrected chi connectivity index (χ3v) is 2.87. The molecule has 0 saturated carbocycles. The standard InChI is InChI=1S/C13H24O3/c1-4-8-12(11(2)14)9-6-5-7-10-13(15)16-3/h12H,4-10H2,1-3H3. The number of esters is 1. The summed E-state index contributed by atoms with van der Waals surface area (Å²) in [6.45, 7) is 3.78. The Hall–Kier alpha value is -0.860. The lowest BCUT2D eigenvalue weighted by Crippen LogP contribution is -2.10. The molecule has 0 amide bonds. The normalized spacial score (nSPS) is 12.2. The predicted octanol–water partition coefficient (Wildman–Crippen LogP) is 3.12. The first-order chi connectivity index (χ1) is 7.61. The third kappa shape index (κ3) is 7.43. The second-order valence-corrected chi connectivity index (χ2v) is 4.27. The molecule has 16 heavy (non-hydrogen) atoms. The molecule has 0 aromatic heterocycles. The first-order valence-corrected chi connectivity index (χ1v) is 6.19. The quantitative estimate of drug-likeness (QED) is 0.450. The molecule has 0 spiro atoms. The molecule has 0 bridgehead atoms. The lowest BCUT2D eigenvalue weighted by molar-refractivity contribution is -0.140. The second-order valence-electron chi connectivity index (χ2n) is 4.27. The van der Waals surface area contributed by atoms with Crippen molar-refractivity contribution >= 4 is 11.8 Å². The van der Waals surface area contributed by atoms with Crippen LogP contribution in [0.15, 0.2) is 0 Å². The molecule has 0 saturated heterocycles. The maximum absolute atomic E-state index is 11.3. The van der Waals surface area contributed by atoms with Gasteiger partial charge in [-0.05, 0) is 26.2 Å². The second kappa shape index (κ2) is 9.37. The third-order valence-electron chi connectivity index (χ3n) is 2.87. The molecular formula is C13H24O3. The van der Waals surface area contributed by atoms with Crippen molar-refractivity contribution in [2.45, 2.75) is 58.8 Å². The van der Waals surface area contributed by atoms with Crippen LogP contribution < -0.4 is 0 Å². The molecule has 0 fully saturated rings. The average Bonchev–Trinajstić information content (AvgIpc) is 2.26. The fraction of sp³-hybridized carbons (Fsp3) is 0.846. The van der Waals surface area contributed by atoms with Gasteiger partial charge >= 0.3 is 5.97 Å². The van der Waals surface area contributed by atoms with Crippen LogP contribution in [0.4, 0.5) is 0 Å². The Morgan fingerprint density at radius 3 is 2.31 bits per heavy atom. The van der Waals surface area contributed by atoms with Gasteiger partial charge < -0.3 is 4.74 Å². The fourth-order valence-corrected chi connectivity index (χ4v) is 1.84. The highest BCUT2D eigenvalue weighted by Crippen LogP contribution is 2.17. The summed E-state index contributed by atoms with van der Waals surface area (Å²) in [5.74, 6) is 0.384. The van der Waals surface area contributed by atoms with E-state index in [-0.39, 0.29) is 11.9 Å². The van der Waals surface area contributed by atoms with E-state index in [0.717, 1.165) is 38.5 Å². The van der Waals surface area contributed by atoms with Crippen molar-refractivity contribution in [2.24, 2.45) is 5.92 Å². The highest BCUT2D eigenvalue weighted by Gasteiger charge is 2.12. The van der Waals surface area contributed by atoms with Gasteiger partial charge in [0.15, 0.2) is 0 Å². The van der Waals surface area contributed by atoms with Crippen LogP contribution in [0, 0.1) is 5.92 Å². The molecule has 0 N–H and O–H groups in total. The smallest absolute Gasteiger partial charge is 0.305 e. The molecule has 0 aliphatic carbocycles. The van der Waals surface area contributed by atoms with Crippen LogP contribution in [0.3, 0.4) is 0 Å². The van der Waals surface area contributed by atoms with Crippen molar-refractivity contribution in [3.05, 3.63) is 0 Å². The minimum Gasteiger partial charge on any atom is -0.469 e. The summed E-state index contributed by atoms with van der Waals surface area (Å²) in [7, 11) is 1.41. The highest BCUT2D eigenvalue weighted by atomic mass is 16.5. The number of hydrogen-bond donors (Lipinski definition) is 0.